The van der Waals surface area contributed by atoms with Crippen LogP contribution in [-0.4, -0.2) is 10.9 Å². The maximum atomic E-state index is 13.0. The van der Waals surface area contributed by atoms with Gasteiger partial charge in [0, 0.05) is 10.9 Å². The first kappa shape index (κ1) is 13.5. The van der Waals surface area contributed by atoms with Crippen molar-refractivity contribution < 1.29 is 9.90 Å². The van der Waals surface area contributed by atoms with E-state index in [1.807, 2.05) is 60.7 Å². The van der Waals surface area contributed by atoms with E-state index in [2.05, 4.69) is 0 Å². The Bertz CT molecular complexity index is 1030. The number of rotatable bonds is 2. The van der Waals surface area contributed by atoms with Gasteiger partial charge in [-0.25, -0.2) is 0 Å². The van der Waals surface area contributed by atoms with E-state index in [9.17, 15) is 9.90 Å². The van der Waals surface area contributed by atoms with Gasteiger partial charge < -0.3 is 5.11 Å². The molecule has 0 aliphatic heterocycles. The Morgan fingerprint density at radius 1 is 0.696 bits per heavy atom. The van der Waals surface area contributed by atoms with E-state index in [-0.39, 0.29) is 11.5 Å². The molecule has 0 saturated carbocycles. The summed E-state index contributed by atoms with van der Waals surface area (Å²) in [4.78, 5) is 13.0. The van der Waals surface area contributed by atoms with Crippen molar-refractivity contribution in [2.45, 2.75) is 0 Å². The van der Waals surface area contributed by atoms with Crippen molar-refractivity contribution in [2.75, 3.05) is 0 Å². The Kier molecular flexibility index (Phi) is 3.09. The van der Waals surface area contributed by atoms with E-state index in [0.29, 0.717) is 11.1 Å². The predicted molar refractivity (Wildman–Crippen MR) is 93.0 cm³/mol. The molecule has 110 valence electrons. The lowest BCUT2D eigenvalue weighted by molar-refractivity contribution is 0.103. The topological polar surface area (TPSA) is 37.3 Å². The number of phenols is 1. The average Bonchev–Trinajstić information content (AvgIpc) is 2.61. The fraction of sp³-hybridized carbons (Fsp3) is 0. The van der Waals surface area contributed by atoms with Crippen molar-refractivity contribution in [1.29, 1.82) is 0 Å². The molecule has 0 spiro atoms. The van der Waals surface area contributed by atoms with Crippen LogP contribution in [0.4, 0.5) is 0 Å². The van der Waals surface area contributed by atoms with Crippen LogP contribution in [0, 0.1) is 0 Å². The molecule has 4 rings (SSSR count). The first-order valence-electron chi connectivity index (χ1n) is 7.49. The maximum Gasteiger partial charge on any atom is 0.197 e. The van der Waals surface area contributed by atoms with Crippen LogP contribution < -0.4 is 0 Å². The fourth-order valence-corrected chi connectivity index (χ4v) is 3.05. The van der Waals surface area contributed by atoms with Gasteiger partial charge in [-0.05, 0) is 22.2 Å². The zero-order valence-electron chi connectivity index (χ0n) is 12.4. The highest BCUT2D eigenvalue weighted by molar-refractivity contribution is 6.24. The minimum absolute atomic E-state index is 0.0164. The minimum Gasteiger partial charge on any atom is -0.507 e. The van der Waals surface area contributed by atoms with Crippen molar-refractivity contribution in [3.8, 4) is 5.75 Å². The van der Waals surface area contributed by atoms with Crippen molar-refractivity contribution in [3.05, 3.63) is 90.0 Å². The zero-order valence-corrected chi connectivity index (χ0v) is 12.4. The van der Waals surface area contributed by atoms with Crippen LogP contribution in [-0.2, 0) is 0 Å². The van der Waals surface area contributed by atoms with Crippen LogP contribution in [0.25, 0.3) is 21.5 Å². The summed E-state index contributed by atoms with van der Waals surface area (Å²) in [5.41, 5.74) is 0.939. The van der Waals surface area contributed by atoms with Gasteiger partial charge >= 0.3 is 0 Å². The van der Waals surface area contributed by atoms with E-state index in [4.69, 9.17) is 0 Å². The molecule has 2 heteroatoms. The molecule has 4 aromatic carbocycles. The molecule has 0 saturated heterocycles. The summed E-state index contributed by atoms with van der Waals surface area (Å²) < 4.78 is 0. The number of benzene rings is 4. The molecule has 1 N–H and O–H groups in total. The first-order valence-corrected chi connectivity index (χ1v) is 7.49. The number of carbonyl (C=O) groups excluding carboxylic acids is 1. The summed E-state index contributed by atoms with van der Waals surface area (Å²) in [7, 11) is 0. The molecule has 0 fully saturated rings. The largest absolute Gasteiger partial charge is 0.507 e. The average molecular weight is 298 g/mol. The molecule has 2 nitrogen and oxygen atoms in total. The SMILES string of the molecule is O=C(c1ccccc1)c1c(O)ccc2ccc3ccccc3c12. The lowest BCUT2D eigenvalue weighted by Crippen LogP contribution is -2.03. The Morgan fingerprint density at radius 2 is 1.35 bits per heavy atom. The Hall–Kier alpha value is -3.13. The van der Waals surface area contributed by atoms with Crippen molar-refractivity contribution in [1.82, 2.24) is 0 Å². The number of hydrogen-bond acceptors (Lipinski definition) is 2. The Labute approximate surface area is 133 Å². The monoisotopic (exact) mass is 298 g/mol. The summed E-state index contributed by atoms with van der Waals surface area (Å²) in [6, 6.07) is 24.4. The summed E-state index contributed by atoms with van der Waals surface area (Å²) >= 11 is 0. The number of carbonyl (C=O) groups is 1. The maximum absolute atomic E-state index is 13.0. The fourth-order valence-electron chi connectivity index (χ4n) is 3.05. The molecular formula is C21H14O2. The van der Waals surface area contributed by atoms with E-state index >= 15 is 0 Å². The van der Waals surface area contributed by atoms with Crippen LogP contribution in [0.15, 0.2) is 78.9 Å². The molecule has 0 aromatic heterocycles. The van der Waals surface area contributed by atoms with E-state index in [0.717, 1.165) is 21.5 Å². The van der Waals surface area contributed by atoms with Crippen molar-refractivity contribution in [3.63, 3.8) is 0 Å². The second-order valence-electron chi connectivity index (χ2n) is 5.54. The Morgan fingerprint density at radius 3 is 2.17 bits per heavy atom. The molecule has 0 atom stereocenters. The summed E-state index contributed by atoms with van der Waals surface area (Å²) in [5, 5.41) is 14.1. The lowest BCUT2D eigenvalue weighted by Gasteiger charge is -2.11. The number of hydrogen-bond donors (Lipinski definition) is 1. The summed E-state index contributed by atoms with van der Waals surface area (Å²) in [6.07, 6.45) is 0. The smallest absolute Gasteiger partial charge is 0.197 e. The number of aromatic hydroxyl groups is 1. The quantitative estimate of drug-likeness (QED) is 0.421. The standard InChI is InChI=1S/C21H14O2/c22-18-13-12-15-11-10-14-6-4-5-9-17(14)19(15)20(18)21(23)16-7-2-1-3-8-16/h1-13,22H. The number of fused-ring (bicyclic) bond motifs is 3. The highest BCUT2D eigenvalue weighted by atomic mass is 16.3. The molecular weight excluding hydrogens is 284 g/mol. The number of ketones is 1. The second-order valence-corrected chi connectivity index (χ2v) is 5.54. The first-order chi connectivity index (χ1) is 11.3. The van der Waals surface area contributed by atoms with Gasteiger partial charge in [-0.15, -0.1) is 0 Å². The molecule has 0 aliphatic rings. The zero-order chi connectivity index (χ0) is 15.8. The molecule has 0 bridgehead atoms. The van der Waals surface area contributed by atoms with Crippen LogP contribution >= 0.6 is 0 Å². The third-order valence-electron chi connectivity index (χ3n) is 4.15. The van der Waals surface area contributed by atoms with Gasteiger partial charge in [-0.1, -0.05) is 72.8 Å². The molecule has 0 unspecified atom stereocenters. The molecule has 23 heavy (non-hydrogen) atoms. The van der Waals surface area contributed by atoms with E-state index < -0.39 is 0 Å². The highest BCUT2D eigenvalue weighted by Crippen LogP contribution is 2.34. The normalized spacial score (nSPS) is 11.0. The van der Waals surface area contributed by atoms with Gasteiger partial charge in [0.05, 0.1) is 5.56 Å². The summed E-state index contributed by atoms with van der Waals surface area (Å²) in [6.45, 7) is 0. The van der Waals surface area contributed by atoms with Gasteiger partial charge in [-0.3, -0.25) is 4.79 Å². The minimum atomic E-state index is -0.162. The van der Waals surface area contributed by atoms with E-state index in [1.54, 1.807) is 18.2 Å². The van der Waals surface area contributed by atoms with E-state index in [1.165, 1.54) is 0 Å². The third-order valence-corrected chi connectivity index (χ3v) is 4.15. The molecule has 0 radical (unpaired) electrons. The van der Waals surface area contributed by atoms with Gasteiger partial charge in [0.15, 0.2) is 5.78 Å². The van der Waals surface area contributed by atoms with Crippen LogP contribution in [0.1, 0.15) is 15.9 Å². The van der Waals surface area contributed by atoms with Crippen molar-refractivity contribution >= 4 is 27.3 Å². The molecule has 4 aromatic rings. The summed E-state index contributed by atoms with van der Waals surface area (Å²) in [5.74, 6) is -0.146. The van der Waals surface area contributed by atoms with Crippen LogP contribution in [0.2, 0.25) is 0 Å². The van der Waals surface area contributed by atoms with Gasteiger partial charge in [0.1, 0.15) is 5.75 Å². The second kappa shape index (κ2) is 5.25. The Balaban J connectivity index is 2.11. The predicted octanol–water partition coefficient (Wildman–Crippen LogP) is 4.93. The highest BCUT2D eigenvalue weighted by Gasteiger charge is 2.18. The molecule has 0 aliphatic carbocycles. The van der Waals surface area contributed by atoms with Gasteiger partial charge in [-0.2, -0.15) is 0 Å². The molecule has 0 amide bonds. The van der Waals surface area contributed by atoms with Gasteiger partial charge in [0.2, 0.25) is 0 Å². The third kappa shape index (κ3) is 2.16. The number of phenolic OH excluding ortho intramolecular Hbond substituents is 1. The van der Waals surface area contributed by atoms with Crippen LogP contribution in [0.3, 0.4) is 0 Å². The lowest BCUT2D eigenvalue weighted by atomic mass is 9.92. The molecule has 0 heterocycles. The van der Waals surface area contributed by atoms with Crippen molar-refractivity contribution in [2.24, 2.45) is 0 Å². The van der Waals surface area contributed by atoms with Crippen LogP contribution in [0.5, 0.6) is 5.75 Å². The van der Waals surface area contributed by atoms with Gasteiger partial charge in [0.25, 0.3) is 0 Å².